The van der Waals surface area contributed by atoms with Gasteiger partial charge in [0.25, 0.3) is 0 Å². The Labute approximate surface area is 123 Å². The molecule has 1 aromatic rings. The van der Waals surface area contributed by atoms with Crippen LogP contribution in [0.2, 0.25) is 0 Å². The van der Waals surface area contributed by atoms with Crippen LogP contribution in [0.1, 0.15) is 18.9 Å². The van der Waals surface area contributed by atoms with Crippen LogP contribution in [-0.2, 0) is 21.3 Å². The standard InChI is InChI=1S/C13H20F2N2O3S/c1-4-9(8-20-3)17-21(18,19)12-6-5-11(14)10(7-16-2)13(12)15/h5-6,9,16-17H,4,7-8H2,1-3H3. The van der Waals surface area contributed by atoms with Crippen molar-refractivity contribution in [3.8, 4) is 0 Å². The summed E-state index contributed by atoms with van der Waals surface area (Å²) in [6, 6.07) is 1.39. The van der Waals surface area contributed by atoms with Gasteiger partial charge in [-0.15, -0.1) is 0 Å². The molecule has 1 rings (SSSR count). The van der Waals surface area contributed by atoms with Crippen molar-refractivity contribution in [3.05, 3.63) is 29.3 Å². The van der Waals surface area contributed by atoms with E-state index in [9.17, 15) is 17.2 Å². The molecule has 0 heterocycles. The molecule has 21 heavy (non-hydrogen) atoms. The van der Waals surface area contributed by atoms with Gasteiger partial charge >= 0.3 is 0 Å². The number of methoxy groups -OCH3 is 1. The van der Waals surface area contributed by atoms with E-state index in [2.05, 4.69) is 10.0 Å². The molecule has 0 aliphatic rings. The van der Waals surface area contributed by atoms with Crippen LogP contribution in [0.15, 0.2) is 17.0 Å². The maximum atomic E-state index is 14.2. The molecule has 1 atom stereocenters. The number of hydrogen-bond acceptors (Lipinski definition) is 4. The fraction of sp³-hybridized carbons (Fsp3) is 0.538. The topological polar surface area (TPSA) is 67.4 Å². The first-order chi connectivity index (χ1) is 9.87. The Morgan fingerprint density at radius 3 is 2.52 bits per heavy atom. The molecule has 8 heteroatoms. The normalized spacial score (nSPS) is 13.4. The molecule has 1 aromatic carbocycles. The highest BCUT2D eigenvalue weighted by atomic mass is 32.2. The largest absolute Gasteiger partial charge is 0.383 e. The van der Waals surface area contributed by atoms with E-state index in [-0.39, 0.29) is 18.7 Å². The number of rotatable bonds is 8. The minimum Gasteiger partial charge on any atom is -0.383 e. The molecule has 0 aromatic heterocycles. The first-order valence-corrected chi connectivity index (χ1v) is 7.98. The van der Waals surface area contributed by atoms with Gasteiger partial charge < -0.3 is 10.1 Å². The predicted octanol–water partition coefficient (Wildman–Crippen LogP) is 1.39. The van der Waals surface area contributed by atoms with Crippen LogP contribution in [0.4, 0.5) is 8.78 Å². The zero-order valence-electron chi connectivity index (χ0n) is 12.2. The van der Waals surface area contributed by atoms with E-state index in [1.807, 2.05) is 0 Å². The molecule has 0 fully saturated rings. The van der Waals surface area contributed by atoms with Crippen molar-refractivity contribution in [2.24, 2.45) is 0 Å². The molecule has 0 radical (unpaired) electrons. The summed E-state index contributed by atoms with van der Waals surface area (Å²) in [6.45, 7) is 1.85. The van der Waals surface area contributed by atoms with Gasteiger partial charge in [0.2, 0.25) is 10.0 Å². The second-order valence-electron chi connectivity index (χ2n) is 4.55. The van der Waals surface area contributed by atoms with E-state index >= 15 is 0 Å². The third-order valence-electron chi connectivity index (χ3n) is 2.98. The second-order valence-corrected chi connectivity index (χ2v) is 6.23. The Bertz CT molecular complexity index is 579. The van der Waals surface area contributed by atoms with Crippen molar-refractivity contribution in [2.75, 3.05) is 20.8 Å². The van der Waals surface area contributed by atoms with Crippen LogP contribution >= 0.6 is 0 Å². The SMILES string of the molecule is CCC(COC)NS(=O)(=O)c1ccc(F)c(CNC)c1F. The van der Waals surface area contributed by atoms with Gasteiger partial charge in [-0.3, -0.25) is 0 Å². The number of hydrogen-bond donors (Lipinski definition) is 2. The van der Waals surface area contributed by atoms with Gasteiger partial charge in [0, 0.05) is 25.3 Å². The number of halogens is 2. The highest BCUT2D eigenvalue weighted by molar-refractivity contribution is 7.89. The summed E-state index contributed by atoms with van der Waals surface area (Å²) in [5.41, 5.74) is -0.305. The van der Waals surface area contributed by atoms with Gasteiger partial charge in [0.15, 0.2) is 5.82 Å². The number of nitrogens with one attached hydrogen (secondary N) is 2. The maximum absolute atomic E-state index is 14.2. The van der Waals surface area contributed by atoms with Crippen LogP contribution in [0.5, 0.6) is 0 Å². The lowest BCUT2D eigenvalue weighted by atomic mass is 10.2. The van der Waals surface area contributed by atoms with Gasteiger partial charge in [0.05, 0.1) is 6.61 Å². The molecular weight excluding hydrogens is 302 g/mol. The Kier molecular flexibility index (Phi) is 6.66. The summed E-state index contributed by atoms with van der Waals surface area (Å²) >= 11 is 0. The van der Waals surface area contributed by atoms with Crippen molar-refractivity contribution in [3.63, 3.8) is 0 Å². The minimum atomic E-state index is -4.08. The zero-order valence-corrected chi connectivity index (χ0v) is 13.1. The maximum Gasteiger partial charge on any atom is 0.243 e. The Morgan fingerprint density at radius 1 is 1.33 bits per heavy atom. The van der Waals surface area contributed by atoms with Crippen LogP contribution in [0, 0.1) is 11.6 Å². The fourth-order valence-corrected chi connectivity index (χ4v) is 3.25. The molecule has 0 saturated heterocycles. The lowest BCUT2D eigenvalue weighted by Crippen LogP contribution is -2.38. The van der Waals surface area contributed by atoms with Crippen molar-refractivity contribution >= 4 is 10.0 Å². The molecular formula is C13H20F2N2O3S. The van der Waals surface area contributed by atoms with E-state index < -0.39 is 32.6 Å². The Morgan fingerprint density at radius 2 is 2.00 bits per heavy atom. The van der Waals surface area contributed by atoms with Gasteiger partial charge in [-0.1, -0.05) is 6.92 Å². The second kappa shape index (κ2) is 7.79. The Hall–Kier alpha value is -1.09. The average Bonchev–Trinajstić information content (AvgIpc) is 2.42. The van der Waals surface area contributed by atoms with Crippen molar-refractivity contribution < 1.29 is 21.9 Å². The molecule has 1 unspecified atom stereocenters. The van der Waals surface area contributed by atoms with E-state index in [1.54, 1.807) is 6.92 Å². The molecule has 0 bridgehead atoms. The summed E-state index contributed by atoms with van der Waals surface area (Å²) in [7, 11) is -1.12. The lowest BCUT2D eigenvalue weighted by Gasteiger charge is -2.17. The molecule has 0 aliphatic carbocycles. The number of ether oxygens (including phenoxy) is 1. The van der Waals surface area contributed by atoms with Crippen molar-refractivity contribution in [1.29, 1.82) is 0 Å². The third kappa shape index (κ3) is 4.44. The predicted molar refractivity (Wildman–Crippen MR) is 75.4 cm³/mol. The van der Waals surface area contributed by atoms with E-state index in [0.717, 1.165) is 12.1 Å². The van der Waals surface area contributed by atoms with Gasteiger partial charge in [-0.2, -0.15) is 0 Å². The highest BCUT2D eigenvalue weighted by Crippen LogP contribution is 2.21. The molecule has 0 saturated carbocycles. The summed E-state index contributed by atoms with van der Waals surface area (Å²) in [4.78, 5) is -0.566. The molecule has 2 N–H and O–H groups in total. The Balaban J connectivity index is 3.17. The molecule has 0 spiro atoms. The van der Waals surface area contributed by atoms with Crippen molar-refractivity contribution in [1.82, 2.24) is 10.0 Å². The quantitative estimate of drug-likeness (QED) is 0.759. The fourth-order valence-electron chi connectivity index (χ4n) is 1.84. The average molecular weight is 322 g/mol. The van der Waals surface area contributed by atoms with E-state index in [1.165, 1.54) is 14.2 Å². The van der Waals surface area contributed by atoms with Gasteiger partial charge in [-0.25, -0.2) is 21.9 Å². The summed E-state index contributed by atoms with van der Waals surface area (Å²) < 4.78 is 59.4. The van der Waals surface area contributed by atoms with Crippen LogP contribution < -0.4 is 10.0 Å². The van der Waals surface area contributed by atoms with Crippen LogP contribution in [0.3, 0.4) is 0 Å². The molecule has 0 amide bonds. The number of benzene rings is 1. The lowest BCUT2D eigenvalue weighted by molar-refractivity contribution is 0.173. The monoisotopic (exact) mass is 322 g/mol. The van der Waals surface area contributed by atoms with Gasteiger partial charge in [-0.05, 0) is 25.6 Å². The summed E-state index contributed by atoms with van der Waals surface area (Å²) in [5, 5.41) is 2.60. The zero-order chi connectivity index (χ0) is 16.0. The smallest absolute Gasteiger partial charge is 0.243 e. The van der Waals surface area contributed by atoms with Gasteiger partial charge in [0.1, 0.15) is 10.7 Å². The first kappa shape index (κ1) is 18.0. The first-order valence-electron chi connectivity index (χ1n) is 6.50. The molecule has 0 aliphatic heterocycles. The third-order valence-corrected chi connectivity index (χ3v) is 4.51. The molecule has 5 nitrogen and oxygen atoms in total. The summed E-state index contributed by atoms with van der Waals surface area (Å²) in [5.74, 6) is -1.87. The van der Waals surface area contributed by atoms with Crippen LogP contribution in [-0.4, -0.2) is 35.2 Å². The molecule has 120 valence electrons. The number of sulfonamides is 1. The van der Waals surface area contributed by atoms with Crippen molar-refractivity contribution in [2.45, 2.75) is 30.8 Å². The highest BCUT2D eigenvalue weighted by Gasteiger charge is 2.25. The summed E-state index contributed by atoms with van der Waals surface area (Å²) in [6.07, 6.45) is 0.485. The minimum absolute atomic E-state index is 0.101. The van der Waals surface area contributed by atoms with E-state index in [4.69, 9.17) is 4.74 Å². The van der Waals surface area contributed by atoms with Crippen LogP contribution in [0.25, 0.3) is 0 Å². The van der Waals surface area contributed by atoms with E-state index in [0.29, 0.717) is 6.42 Å².